The number of carbonyl (C=O) groups excluding carboxylic acids is 1. The van der Waals surface area contributed by atoms with E-state index in [1.165, 1.54) is 6.07 Å². The molecule has 0 fully saturated rings. The van der Waals surface area contributed by atoms with Gasteiger partial charge in [0, 0.05) is 15.9 Å². The van der Waals surface area contributed by atoms with Gasteiger partial charge in [0.1, 0.15) is 11.4 Å². The topological polar surface area (TPSA) is 97.8 Å². The number of halogens is 1. The molecule has 24 heavy (non-hydrogen) atoms. The molecule has 0 saturated heterocycles. The zero-order chi connectivity index (χ0) is 17.9. The molecule has 128 valence electrons. The van der Waals surface area contributed by atoms with E-state index >= 15 is 0 Å². The summed E-state index contributed by atoms with van der Waals surface area (Å²) in [5, 5.41) is 11.6. The molecule has 0 aliphatic rings. The summed E-state index contributed by atoms with van der Waals surface area (Å²) in [6, 6.07) is 6.80. The monoisotopic (exact) mass is 396 g/mol. The summed E-state index contributed by atoms with van der Waals surface area (Å²) in [5.74, 6) is 0.248. The van der Waals surface area contributed by atoms with Gasteiger partial charge in [0.05, 0.1) is 17.8 Å². The molecule has 0 spiro atoms. The Labute approximate surface area is 147 Å². The van der Waals surface area contributed by atoms with Gasteiger partial charge in [-0.05, 0) is 39.0 Å². The van der Waals surface area contributed by atoms with Crippen molar-refractivity contribution in [3.8, 4) is 5.75 Å². The minimum absolute atomic E-state index is 0.00792. The highest BCUT2D eigenvalue weighted by molar-refractivity contribution is 9.10. The molecule has 0 atom stereocenters. The van der Waals surface area contributed by atoms with Gasteiger partial charge in [0.15, 0.2) is 0 Å². The molecule has 8 heteroatoms. The van der Waals surface area contributed by atoms with E-state index in [4.69, 9.17) is 14.6 Å². The first-order chi connectivity index (χ1) is 11.1. The van der Waals surface area contributed by atoms with Gasteiger partial charge in [0.25, 0.3) is 0 Å². The lowest BCUT2D eigenvalue weighted by Gasteiger charge is -2.19. The smallest absolute Gasteiger partial charge is 0.465 e. The fourth-order valence-electron chi connectivity index (χ4n) is 1.92. The highest BCUT2D eigenvalue weighted by Crippen LogP contribution is 2.29. The second kappa shape index (κ2) is 7.04. The molecule has 0 aliphatic heterocycles. The molecular weight excluding hydrogens is 380 g/mol. The number of hydrogen-bond donors (Lipinski definition) is 2. The number of aromatic nitrogens is 1. The van der Waals surface area contributed by atoms with E-state index in [0.717, 1.165) is 4.47 Å². The van der Waals surface area contributed by atoms with E-state index in [0.29, 0.717) is 16.6 Å². The fraction of sp³-hybridized carbons (Fsp3) is 0.312. The minimum atomic E-state index is -1.16. The number of pyridine rings is 1. The molecule has 7 nitrogen and oxygen atoms in total. The Kier molecular flexibility index (Phi) is 5.28. The van der Waals surface area contributed by atoms with Crippen LogP contribution in [-0.2, 0) is 11.3 Å². The second-order valence-electron chi connectivity index (χ2n) is 6.00. The third-order valence-corrected chi connectivity index (χ3v) is 3.28. The average molecular weight is 397 g/mol. The van der Waals surface area contributed by atoms with Crippen molar-refractivity contribution in [1.82, 2.24) is 10.3 Å². The number of benzene rings is 1. The maximum absolute atomic E-state index is 11.9. The van der Waals surface area contributed by atoms with Crippen LogP contribution in [0.2, 0.25) is 0 Å². The van der Waals surface area contributed by atoms with Gasteiger partial charge in [-0.25, -0.2) is 9.59 Å². The molecule has 0 aliphatic carbocycles. The maximum atomic E-state index is 11.9. The third-order valence-electron chi connectivity index (χ3n) is 2.79. The first kappa shape index (κ1) is 18.0. The molecule has 1 aromatic heterocycles. The normalized spacial score (nSPS) is 11.2. The lowest BCUT2D eigenvalue weighted by Crippen LogP contribution is -2.26. The van der Waals surface area contributed by atoms with Crippen LogP contribution in [0.15, 0.2) is 28.7 Å². The van der Waals surface area contributed by atoms with Crippen molar-refractivity contribution in [2.24, 2.45) is 0 Å². The number of nitrogens with one attached hydrogen (secondary N) is 1. The van der Waals surface area contributed by atoms with Crippen LogP contribution >= 0.6 is 15.9 Å². The third kappa shape index (κ3) is 5.09. The van der Waals surface area contributed by atoms with E-state index < -0.39 is 17.8 Å². The van der Waals surface area contributed by atoms with Crippen LogP contribution < -0.4 is 10.1 Å². The average Bonchev–Trinajstić information content (AvgIpc) is 2.43. The van der Waals surface area contributed by atoms with Crippen molar-refractivity contribution < 1.29 is 24.2 Å². The summed E-state index contributed by atoms with van der Waals surface area (Å²) in [5.41, 5.74) is 0.306. The lowest BCUT2D eigenvalue weighted by molar-refractivity contribution is 0.0209. The molecule has 0 radical (unpaired) electrons. The summed E-state index contributed by atoms with van der Waals surface area (Å²) in [6.45, 7) is 5.19. The highest BCUT2D eigenvalue weighted by Gasteiger charge is 2.19. The van der Waals surface area contributed by atoms with Crippen molar-refractivity contribution in [3.05, 3.63) is 34.4 Å². The van der Waals surface area contributed by atoms with E-state index in [1.54, 1.807) is 39.0 Å². The van der Waals surface area contributed by atoms with Gasteiger partial charge in [-0.15, -0.1) is 0 Å². The number of nitrogens with zero attached hydrogens (tertiary/aromatic N) is 1. The van der Waals surface area contributed by atoms with Gasteiger partial charge in [-0.1, -0.05) is 15.9 Å². The zero-order valence-electron chi connectivity index (χ0n) is 13.4. The standard InChI is InChI=1S/C16H17BrN2O5/c1-16(2,3)24-15(22)23-13-7-10(8-18-14(20)21)19-12-5-4-9(17)6-11(12)13/h4-7,18H,8H2,1-3H3,(H,20,21). The summed E-state index contributed by atoms with van der Waals surface area (Å²) < 4.78 is 11.3. The van der Waals surface area contributed by atoms with Crippen LogP contribution in [-0.4, -0.2) is 27.9 Å². The Morgan fingerprint density at radius 2 is 2.00 bits per heavy atom. The van der Waals surface area contributed by atoms with Crippen LogP contribution in [0.25, 0.3) is 10.9 Å². The lowest BCUT2D eigenvalue weighted by atomic mass is 10.2. The largest absolute Gasteiger partial charge is 0.514 e. The molecule has 2 rings (SSSR count). The molecule has 2 aromatic rings. The van der Waals surface area contributed by atoms with Crippen LogP contribution in [0, 0.1) is 0 Å². The van der Waals surface area contributed by atoms with Gasteiger partial charge in [-0.3, -0.25) is 4.98 Å². The molecule has 0 bridgehead atoms. The minimum Gasteiger partial charge on any atom is -0.465 e. The molecular formula is C16H17BrN2O5. The zero-order valence-corrected chi connectivity index (χ0v) is 15.0. The molecule has 1 heterocycles. The van der Waals surface area contributed by atoms with E-state index in [9.17, 15) is 9.59 Å². The first-order valence-electron chi connectivity index (χ1n) is 7.11. The van der Waals surface area contributed by atoms with Crippen LogP contribution in [0.1, 0.15) is 26.5 Å². The Hall–Kier alpha value is -2.35. The summed E-state index contributed by atoms with van der Waals surface area (Å²) in [6.07, 6.45) is -2.01. The Morgan fingerprint density at radius 3 is 2.62 bits per heavy atom. The SMILES string of the molecule is CC(C)(C)OC(=O)Oc1cc(CNC(=O)O)nc2ccc(Br)cc12. The fourth-order valence-corrected chi connectivity index (χ4v) is 2.28. The van der Waals surface area contributed by atoms with Gasteiger partial charge >= 0.3 is 12.2 Å². The van der Waals surface area contributed by atoms with Crippen molar-refractivity contribution in [3.63, 3.8) is 0 Å². The quantitative estimate of drug-likeness (QED) is 0.758. The molecule has 0 unspecified atom stereocenters. The number of carbonyl (C=O) groups is 2. The van der Waals surface area contributed by atoms with Gasteiger partial charge in [-0.2, -0.15) is 0 Å². The van der Waals surface area contributed by atoms with Gasteiger partial charge in [0.2, 0.25) is 0 Å². The van der Waals surface area contributed by atoms with Crippen LogP contribution in [0.3, 0.4) is 0 Å². The van der Waals surface area contributed by atoms with E-state index in [2.05, 4.69) is 26.2 Å². The summed E-state index contributed by atoms with van der Waals surface area (Å²) in [7, 11) is 0. The molecule has 2 N–H and O–H groups in total. The number of fused-ring (bicyclic) bond motifs is 1. The van der Waals surface area contributed by atoms with E-state index in [-0.39, 0.29) is 12.3 Å². The second-order valence-corrected chi connectivity index (χ2v) is 6.91. The predicted molar refractivity (Wildman–Crippen MR) is 91.2 cm³/mol. The van der Waals surface area contributed by atoms with Crippen molar-refractivity contribution >= 4 is 39.1 Å². The number of carboxylic acid groups (broad SMARTS) is 1. The number of hydrogen-bond acceptors (Lipinski definition) is 5. The van der Waals surface area contributed by atoms with Gasteiger partial charge < -0.3 is 19.9 Å². The number of ether oxygens (including phenoxy) is 2. The Balaban J connectivity index is 2.38. The predicted octanol–water partition coefficient (Wildman–Crippen LogP) is 4.08. The Morgan fingerprint density at radius 1 is 1.29 bits per heavy atom. The van der Waals surface area contributed by atoms with Crippen molar-refractivity contribution in [1.29, 1.82) is 0 Å². The van der Waals surface area contributed by atoms with Crippen LogP contribution in [0.5, 0.6) is 5.75 Å². The van der Waals surface area contributed by atoms with E-state index in [1.807, 2.05) is 0 Å². The number of amides is 1. The summed E-state index contributed by atoms with van der Waals surface area (Å²) >= 11 is 3.36. The maximum Gasteiger partial charge on any atom is 0.514 e. The molecule has 1 aromatic carbocycles. The molecule has 1 amide bonds. The highest BCUT2D eigenvalue weighted by atomic mass is 79.9. The molecule has 0 saturated carbocycles. The number of rotatable bonds is 3. The van der Waals surface area contributed by atoms with Crippen LogP contribution in [0.4, 0.5) is 9.59 Å². The first-order valence-corrected chi connectivity index (χ1v) is 7.90. The Bertz CT molecular complexity index is 786. The van der Waals surface area contributed by atoms with Crippen molar-refractivity contribution in [2.45, 2.75) is 32.9 Å². The van der Waals surface area contributed by atoms with Crippen molar-refractivity contribution in [2.75, 3.05) is 0 Å². The summed E-state index contributed by atoms with van der Waals surface area (Å²) in [4.78, 5) is 26.9.